The average molecular weight is 305 g/mol. The van der Waals surface area contributed by atoms with Crippen LogP contribution in [-0.4, -0.2) is 52.2 Å². The van der Waals surface area contributed by atoms with Crippen LogP contribution >= 0.6 is 0 Å². The molecule has 2 N–H and O–H groups in total. The summed E-state index contributed by atoms with van der Waals surface area (Å²) in [6.45, 7) is 1.25. The summed E-state index contributed by atoms with van der Waals surface area (Å²) in [6, 6.07) is 0.120. The topological polar surface area (TPSA) is 84.5 Å². The molecule has 2 aliphatic rings. The standard InChI is InChI=1S/C15H23N5O2/c1-18-9-13(8-17-18)20-6-5-19(10-14(20)21)15(22)11-3-2-4-12(16)7-11/h8-9,11-12H,2-7,10,16H2,1H3/t11-,12-/m1/s1. The largest absolute Gasteiger partial charge is 0.331 e. The van der Waals surface area contributed by atoms with E-state index in [-0.39, 0.29) is 30.3 Å². The van der Waals surface area contributed by atoms with Gasteiger partial charge in [0.05, 0.1) is 11.9 Å². The molecule has 22 heavy (non-hydrogen) atoms. The molecule has 0 unspecified atom stereocenters. The molecule has 120 valence electrons. The average Bonchev–Trinajstić information content (AvgIpc) is 2.92. The van der Waals surface area contributed by atoms with Crippen molar-refractivity contribution in [2.45, 2.75) is 31.7 Å². The molecule has 1 aliphatic carbocycles. The van der Waals surface area contributed by atoms with E-state index in [1.165, 1.54) is 0 Å². The zero-order valence-corrected chi connectivity index (χ0v) is 12.9. The van der Waals surface area contributed by atoms with E-state index in [4.69, 9.17) is 5.73 Å². The van der Waals surface area contributed by atoms with Gasteiger partial charge in [-0.25, -0.2) is 0 Å². The summed E-state index contributed by atoms with van der Waals surface area (Å²) >= 11 is 0. The minimum absolute atomic E-state index is 0.0125. The van der Waals surface area contributed by atoms with Crippen LogP contribution < -0.4 is 10.6 Å². The van der Waals surface area contributed by atoms with Gasteiger partial charge >= 0.3 is 0 Å². The fraction of sp³-hybridized carbons (Fsp3) is 0.667. The maximum atomic E-state index is 12.6. The van der Waals surface area contributed by atoms with Gasteiger partial charge in [0.1, 0.15) is 6.54 Å². The maximum Gasteiger partial charge on any atom is 0.246 e. The predicted molar refractivity (Wildman–Crippen MR) is 82.1 cm³/mol. The highest BCUT2D eigenvalue weighted by Gasteiger charge is 2.33. The molecular weight excluding hydrogens is 282 g/mol. The highest BCUT2D eigenvalue weighted by Crippen LogP contribution is 2.26. The third kappa shape index (κ3) is 2.99. The van der Waals surface area contributed by atoms with Crippen LogP contribution in [-0.2, 0) is 16.6 Å². The Labute approximate surface area is 130 Å². The molecule has 2 amide bonds. The molecule has 2 fully saturated rings. The third-order valence-corrected chi connectivity index (χ3v) is 4.60. The van der Waals surface area contributed by atoms with E-state index >= 15 is 0 Å². The van der Waals surface area contributed by atoms with Crippen molar-refractivity contribution in [1.29, 1.82) is 0 Å². The Hall–Kier alpha value is -1.89. The Morgan fingerprint density at radius 2 is 2.18 bits per heavy atom. The number of nitrogens with two attached hydrogens (primary N) is 1. The highest BCUT2D eigenvalue weighted by molar-refractivity contribution is 5.98. The summed E-state index contributed by atoms with van der Waals surface area (Å²) in [5.74, 6) is 0.0311. The Kier molecular flexibility index (Phi) is 4.15. The summed E-state index contributed by atoms with van der Waals surface area (Å²) in [4.78, 5) is 28.3. The van der Waals surface area contributed by atoms with Crippen LogP contribution in [0.1, 0.15) is 25.7 Å². The SMILES string of the molecule is Cn1cc(N2CCN(C(=O)[C@@H]3CCC[C@@H](N)C3)CC2=O)cn1. The van der Waals surface area contributed by atoms with Crippen molar-refractivity contribution in [2.24, 2.45) is 18.7 Å². The van der Waals surface area contributed by atoms with E-state index < -0.39 is 0 Å². The van der Waals surface area contributed by atoms with E-state index in [9.17, 15) is 9.59 Å². The number of piperazine rings is 1. The first-order valence-electron chi connectivity index (χ1n) is 7.88. The summed E-state index contributed by atoms with van der Waals surface area (Å²) in [6.07, 6.45) is 7.13. The molecule has 2 atom stereocenters. The van der Waals surface area contributed by atoms with E-state index in [1.807, 2.05) is 13.2 Å². The monoisotopic (exact) mass is 305 g/mol. The Morgan fingerprint density at radius 3 is 2.82 bits per heavy atom. The van der Waals surface area contributed by atoms with E-state index in [1.54, 1.807) is 20.7 Å². The van der Waals surface area contributed by atoms with Gasteiger partial charge in [-0.2, -0.15) is 5.10 Å². The first-order chi connectivity index (χ1) is 10.5. The number of aromatic nitrogens is 2. The van der Waals surface area contributed by atoms with E-state index in [0.717, 1.165) is 31.4 Å². The Bertz CT molecular complexity index is 570. The lowest BCUT2D eigenvalue weighted by Crippen LogP contribution is -2.54. The fourth-order valence-electron chi connectivity index (χ4n) is 3.39. The van der Waals surface area contributed by atoms with Crippen molar-refractivity contribution in [3.8, 4) is 0 Å². The normalized spacial score (nSPS) is 26.4. The molecule has 7 nitrogen and oxygen atoms in total. The third-order valence-electron chi connectivity index (χ3n) is 4.60. The molecule has 2 heterocycles. The van der Waals surface area contributed by atoms with Crippen molar-refractivity contribution >= 4 is 17.5 Å². The second kappa shape index (κ2) is 6.08. The highest BCUT2D eigenvalue weighted by atomic mass is 16.2. The van der Waals surface area contributed by atoms with Crippen molar-refractivity contribution in [3.63, 3.8) is 0 Å². The van der Waals surface area contributed by atoms with Crippen LogP contribution in [0.25, 0.3) is 0 Å². The smallest absolute Gasteiger partial charge is 0.246 e. The van der Waals surface area contributed by atoms with Gasteiger partial charge in [0.2, 0.25) is 11.8 Å². The number of anilines is 1. The second-order valence-electron chi connectivity index (χ2n) is 6.30. The zero-order valence-electron chi connectivity index (χ0n) is 12.9. The number of carbonyl (C=O) groups is 2. The number of aryl methyl sites for hydroxylation is 1. The molecule has 0 spiro atoms. The van der Waals surface area contributed by atoms with Crippen LogP contribution in [0.4, 0.5) is 5.69 Å². The number of carbonyl (C=O) groups excluding carboxylic acids is 2. The van der Waals surface area contributed by atoms with Crippen molar-refractivity contribution in [1.82, 2.24) is 14.7 Å². The van der Waals surface area contributed by atoms with Gasteiger partial charge in [-0.1, -0.05) is 6.42 Å². The molecule has 3 rings (SSSR count). The number of rotatable bonds is 2. The van der Waals surface area contributed by atoms with Gasteiger partial charge in [-0.15, -0.1) is 0 Å². The fourth-order valence-corrected chi connectivity index (χ4v) is 3.39. The lowest BCUT2D eigenvalue weighted by molar-refractivity contribution is -0.141. The molecule has 0 bridgehead atoms. The molecule has 0 aromatic carbocycles. The molecule has 0 radical (unpaired) electrons. The van der Waals surface area contributed by atoms with Crippen LogP contribution in [0.5, 0.6) is 0 Å². The van der Waals surface area contributed by atoms with Gasteiger partial charge in [0.15, 0.2) is 0 Å². The first-order valence-corrected chi connectivity index (χ1v) is 7.88. The molecule has 7 heteroatoms. The maximum absolute atomic E-state index is 12.6. The van der Waals surface area contributed by atoms with Crippen LogP contribution in [0.2, 0.25) is 0 Å². The second-order valence-corrected chi connectivity index (χ2v) is 6.30. The van der Waals surface area contributed by atoms with Gasteiger partial charge in [0.25, 0.3) is 0 Å². The molecular formula is C15H23N5O2. The minimum atomic E-state index is -0.0484. The zero-order chi connectivity index (χ0) is 15.7. The predicted octanol–water partition coefficient (Wildman–Crippen LogP) is 0.113. The molecule has 1 aromatic heterocycles. The number of nitrogens with zero attached hydrogens (tertiary/aromatic N) is 4. The Morgan fingerprint density at radius 1 is 1.36 bits per heavy atom. The molecule has 1 aromatic rings. The van der Waals surface area contributed by atoms with Crippen LogP contribution in [0.15, 0.2) is 12.4 Å². The quantitative estimate of drug-likeness (QED) is 0.840. The van der Waals surface area contributed by atoms with Crippen LogP contribution in [0, 0.1) is 5.92 Å². The lowest BCUT2D eigenvalue weighted by Gasteiger charge is -2.36. The molecule has 1 saturated heterocycles. The summed E-state index contributed by atoms with van der Waals surface area (Å²) < 4.78 is 1.67. The Balaban J connectivity index is 1.62. The molecule has 1 aliphatic heterocycles. The van der Waals surface area contributed by atoms with E-state index in [2.05, 4.69) is 5.10 Å². The summed E-state index contributed by atoms with van der Waals surface area (Å²) in [5, 5.41) is 4.09. The van der Waals surface area contributed by atoms with Crippen molar-refractivity contribution in [2.75, 3.05) is 24.5 Å². The van der Waals surface area contributed by atoms with Crippen molar-refractivity contribution in [3.05, 3.63) is 12.4 Å². The first kappa shape index (κ1) is 15.0. The van der Waals surface area contributed by atoms with Gasteiger partial charge in [0, 0.05) is 38.3 Å². The van der Waals surface area contributed by atoms with Crippen LogP contribution in [0.3, 0.4) is 0 Å². The van der Waals surface area contributed by atoms with Gasteiger partial charge in [-0.3, -0.25) is 14.3 Å². The summed E-state index contributed by atoms with van der Waals surface area (Å²) in [5.41, 5.74) is 6.76. The van der Waals surface area contributed by atoms with Gasteiger partial charge in [-0.05, 0) is 19.3 Å². The van der Waals surface area contributed by atoms with Crippen molar-refractivity contribution < 1.29 is 9.59 Å². The number of amides is 2. The lowest BCUT2D eigenvalue weighted by atomic mass is 9.85. The summed E-state index contributed by atoms with van der Waals surface area (Å²) in [7, 11) is 1.82. The minimum Gasteiger partial charge on any atom is -0.331 e. The van der Waals surface area contributed by atoms with E-state index in [0.29, 0.717) is 13.1 Å². The number of hydrogen-bond donors (Lipinski definition) is 1. The molecule has 1 saturated carbocycles. The van der Waals surface area contributed by atoms with Gasteiger partial charge < -0.3 is 15.5 Å². The number of hydrogen-bond acceptors (Lipinski definition) is 4.